The maximum atomic E-state index is 12.9. The van der Waals surface area contributed by atoms with Gasteiger partial charge in [-0.3, -0.25) is 24.8 Å². The molecule has 0 aliphatic heterocycles. The molecule has 2 aromatic carbocycles. The van der Waals surface area contributed by atoms with Gasteiger partial charge in [0.05, 0.1) is 22.9 Å². The van der Waals surface area contributed by atoms with Gasteiger partial charge in [0.25, 0.3) is 5.69 Å². The lowest BCUT2D eigenvalue weighted by Gasteiger charge is -2.13. The molecular formula is C27H22ClN5O7. The fourth-order valence-corrected chi connectivity index (χ4v) is 4.02. The summed E-state index contributed by atoms with van der Waals surface area (Å²) in [4.78, 5) is 51.5. The number of non-ortho nitro benzene ring substituents is 1. The Bertz CT molecular complexity index is 1580. The summed E-state index contributed by atoms with van der Waals surface area (Å²) in [5.41, 5.74) is 1.66. The highest BCUT2D eigenvalue weighted by atomic mass is 35.5. The molecule has 40 heavy (non-hydrogen) atoms. The Kier molecular flexibility index (Phi) is 8.40. The molecule has 0 radical (unpaired) electrons. The number of nitrogens with zero attached hydrogens (tertiary/aromatic N) is 3. The van der Waals surface area contributed by atoms with Crippen LogP contribution in [-0.4, -0.2) is 39.1 Å². The van der Waals surface area contributed by atoms with Crippen molar-refractivity contribution in [1.29, 1.82) is 0 Å². The largest absolute Gasteiger partial charge is 0.461 e. The van der Waals surface area contributed by atoms with E-state index >= 15 is 0 Å². The maximum Gasteiger partial charge on any atom is 0.417 e. The van der Waals surface area contributed by atoms with Crippen LogP contribution in [0, 0.1) is 10.1 Å². The molecule has 0 bridgehead atoms. The van der Waals surface area contributed by atoms with E-state index in [-0.39, 0.29) is 40.5 Å². The molecule has 0 saturated carbocycles. The third-order valence-electron chi connectivity index (χ3n) is 5.39. The van der Waals surface area contributed by atoms with Gasteiger partial charge in [-0.15, -0.1) is 0 Å². The van der Waals surface area contributed by atoms with E-state index in [0.717, 1.165) is 5.56 Å². The topological polar surface area (TPSA) is 155 Å². The normalized spacial score (nSPS) is 10.5. The molecule has 2 amide bonds. The lowest BCUT2D eigenvalue weighted by Crippen LogP contribution is -2.20. The quantitative estimate of drug-likeness (QED) is 0.154. The molecule has 0 spiro atoms. The van der Waals surface area contributed by atoms with Crippen molar-refractivity contribution in [3.8, 4) is 22.7 Å². The predicted molar refractivity (Wildman–Crippen MR) is 147 cm³/mol. The van der Waals surface area contributed by atoms with Crippen LogP contribution in [0.25, 0.3) is 16.9 Å². The number of hydrogen-bond acceptors (Lipinski definition) is 8. The summed E-state index contributed by atoms with van der Waals surface area (Å²) in [5, 5.41) is 16.1. The molecule has 13 heteroatoms. The number of benzene rings is 2. The van der Waals surface area contributed by atoms with Gasteiger partial charge in [-0.25, -0.2) is 14.6 Å². The lowest BCUT2D eigenvalue weighted by molar-refractivity contribution is -0.384. The Morgan fingerprint density at radius 3 is 2.35 bits per heavy atom. The number of aromatic nitrogens is 2. The second-order valence-electron chi connectivity index (χ2n) is 8.19. The number of pyridine rings is 1. The summed E-state index contributed by atoms with van der Waals surface area (Å²) in [6, 6.07) is 18.4. The van der Waals surface area contributed by atoms with Crippen molar-refractivity contribution in [2.75, 3.05) is 17.2 Å². The van der Waals surface area contributed by atoms with E-state index in [4.69, 9.17) is 21.1 Å². The molecule has 204 valence electrons. The van der Waals surface area contributed by atoms with E-state index in [2.05, 4.69) is 15.6 Å². The smallest absolute Gasteiger partial charge is 0.417 e. The maximum absolute atomic E-state index is 12.9. The molecule has 0 aliphatic carbocycles. The number of nitro groups is 1. The Morgan fingerprint density at radius 2 is 1.73 bits per heavy atom. The SMILES string of the molecule is CCOC(=O)c1c(NC(=O)Oc2ccc([N+](=O)[O-])cc2)cc(Cl)n1-c1ccc(-c2cccc(NC(C)=O)n2)cc1. The molecule has 0 unspecified atom stereocenters. The summed E-state index contributed by atoms with van der Waals surface area (Å²) < 4.78 is 11.8. The third kappa shape index (κ3) is 6.42. The van der Waals surface area contributed by atoms with Crippen LogP contribution in [0.5, 0.6) is 5.75 Å². The zero-order valence-corrected chi connectivity index (χ0v) is 22.0. The van der Waals surface area contributed by atoms with E-state index in [9.17, 15) is 24.5 Å². The second kappa shape index (κ2) is 12.1. The first-order valence-corrected chi connectivity index (χ1v) is 12.2. The summed E-state index contributed by atoms with van der Waals surface area (Å²) in [6.07, 6.45) is -0.950. The highest BCUT2D eigenvalue weighted by Crippen LogP contribution is 2.31. The van der Waals surface area contributed by atoms with Crippen LogP contribution in [0.4, 0.5) is 22.0 Å². The van der Waals surface area contributed by atoms with Crippen LogP contribution in [-0.2, 0) is 9.53 Å². The fraction of sp³-hybridized carbons (Fsp3) is 0.111. The van der Waals surface area contributed by atoms with Crippen molar-refractivity contribution in [3.63, 3.8) is 0 Å². The zero-order chi connectivity index (χ0) is 28.8. The van der Waals surface area contributed by atoms with Crippen molar-refractivity contribution in [2.45, 2.75) is 13.8 Å². The molecule has 2 N–H and O–H groups in total. The standard InChI is InChI=1S/C27H22ClN5O7/c1-3-39-26(35)25-22(31-27(36)40-20-13-11-19(12-14-20)33(37)38)15-23(28)32(25)18-9-7-17(8-10-18)21-5-4-6-24(30-21)29-16(2)34/h4-15H,3H2,1-2H3,(H,31,36)(H,29,30,34). The Hall–Kier alpha value is -5.23. The number of halogens is 1. The molecule has 0 fully saturated rings. The minimum atomic E-state index is -0.950. The molecule has 4 rings (SSSR count). The highest BCUT2D eigenvalue weighted by molar-refractivity contribution is 6.31. The van der Waals surface area contributed by atoms with Crippen LogP contribution >= 0.6 is 11.6 Å². The van der Waals surface area contributed by atoms with Gasteiger partial charge in [0.2, 0.25) is 5.91 Å². The third-order valence-corrected chi connectivity index (χ3v) is 5.67. The molecule has 2 aromatic heterocycles. The Labute approximate surface area is 232 Å². The number of carbonyl (C=O) groups excluding carboxylic acids is 3. The average Bonchev–Trinajstić information content (AvgIpc) is 3.24. The van der Waals surface area contributed by atoms with E-state index in [1.807, 2.05) is 0 Å². The van der Waals surface area contributed by atoms with Crippen LogP contribution in [0.3, 0.4) is 0 Å². The second-order valence-corrected chi connectivity index (χ2v) is 8.57. The number of hydrogen-bond donors (Lipinski definition) is 2. The number of rotatable bonds is 8. The first-order valence-electron chi connectivity index (χ1n) is 11.8. The van der Waals surface area contributed by atoms with E-state index in [1.54, 1.807) is 49.4 Å². The minimum Gasteiger partial charge on any atom is -0.461 e. The van der Waals surface area contributed by atoms with Gasteiger partial charge < -0.3 is 14.8 Å². The Morgan fingerprint density at radius 1 is 1.02 bits per heavy atom. The van der Waals surface area contributed by atoms with Crippen LogP contribution in [0.2, 0.25) is 5.15 Å². The lowest BCUT2D eigenvalue weighted by atomic mass is 10.1. The van der Waals surface area contributed by atoms with Crippen molar-refractivity contribution < 1.29 is 28.8 Å². The van der Waals surface area contributed by atoms with Crippen LogP contribution in [0.15, 0.2) is 72.8 Å². The first-order chi connectivity index (χ1) is 19.2. The zero-order valence-electron chi connectivity index (χ0n) is 21.2. The number of ether oxygens (including phenoxy) is 2. The molecule has 0 saturated heterocycles. The Balaban J connectivity index is 1.62. The van der Waals surface area contributed by atoms with Crippen molar-refractivity contribution in [1.82, 2.24) is 9.55 Å². The molecule has 0 aliphatic rings. The van der Waals surface area contributed by atoms with E-state index < -0.39 is 17.0 Å². The number of esters is 1. The predicted octanol–water partition coefficient (Wildman–Crippen LogP) is 5.85. The average molecular weight is 564 g/mol. The summed E-state index contributed by atoms with van der Waals surface area (Å²) in [6.45, 7) is 3.10. The fourth-order valence-electron chi connectivity index (χ4n) is 3.73. The van der Waals surface area contributed by atoms with Crippen molar-refractivity contribution in [2.24, 2.45) is 0 Å². The van der Waals surface area contributed by atoms with Gasteiger partial charge in [0.1, 0.15) is 16.7 Å². The van der Waals surface area contributed by atoms with Crippen molar-refractivity contribution >= 4 is 46.8 Å². The van der Waals surface area contributed by atoms with Crippen LogP contribution in [0.1, 0.15) is 24.3 Å². The first kappa shape index (κ1) is 27.8. The minimum absolute atomic E-state index is 0.0316. The van der Waals surface area contributed by atoms with Gasteiger partial charge in [-0.2, -0.15) is 0 Å². The van der Waals surface area contributed by atoms with Crippen LogP contribution < -0.4 is 15.4 Å². The van der Waals surface area contributed by atoms with Crippen molar-refractivity contribution in [3.05, 3.63) is 93.8 Å². The number of carbonyl (C=O) groups is 3. The number of anilines is 2. The van der Waals surface area contributed by atoms with Gasteiger partial charge >= 0.3 is 12.1 Å². The molecule has 0 atom stereocenters. The molecule has 4 aromatic rings. The highest BCUT2D eigenvalue weighted by Gasteiger charge is 2.25. The van der Waals surface area contributed by atoms with Gasteiger partial charge in [0, 0.05) is 36.4 Å². The number of amides is 2. The van der Waals surface area contributed by atoms with Gasteiger partial charge in [0.15, 0.2) is 5.69 Å². The summed E-state index contributed by atoms with van der Waals surface area (Å²) in [5.74, 6) is -0.523. The molecular weight excluding hydrogens is 542 g/mol. The van der Waals surface area contributed by atoms with Gasteiger partial charge in [-0.1, -0.05) is 29.8 Å². The monoisotopic (exact) mass is 563 g/mol. The number of nitro benzene ring substituents is 1. The van der Waals surface area contributed by atoms with Gasteiger partial charge in [-0.05, 0) is 43.3 Å². The van der Waals surface area contributed by atoms with E-state index in [1.165, 1.54) is 41.8 Å². The molecule has 2 heterocycles. The van der Waals surface area contributed by atoms with E-state index in [0.29, 0.717) is 17.2 Å². The number of nitrogens with one attached hydrogen (secondary N) is 2. The summed E-state index contributed by atoms with van der Waals surface area (Å²) in [7, 11) is 0. The molecule has 12 nitrogen and oxygen atoms in total. The summed E-state index contributed by atoms with van der Waals surface area (Å²) >= 11 is 6.49.